The number of fused-ring (bicyclic) bond motifs is 1. The first kappa shape index (κ1) is 20.1. The van der Waals surface area contributed by atoms with Crippen molar-refractivity contribution < 1.29 is 0 Å². The van der Waals surface area contributed by atoms with Gasteiger partial charge >= 0.3 is 0 Å². The molecular formula is C28H35N. The lowest BCUT2D eigenvalue weighted by atomic mass is 9.53. The Balaban J connectivity index is 1.76. The zero-order chi connectivity index (χ0) is 21.0. The Kier molecular flexibility index (Phi) is 4.84. The predicted octanol–water partition coefficient (Wildman–Crippen LogP) is 7.40. The molecule has 3 unspecified atom stereocenters. The minimum atomic E-state index is 0.173. The topological polar surface area (TPSA) is 12.4 Å². The number of hydrogen-bond donors (Lipinski definition) is 0. The molecule has 2 aromatic rings. The van der Waals surface area contributed by atoms with E-state index in [1.807, 2.05) is 0 Å². The van der Waals surface area contributed by atoms with Crippen LogP contribution in [0, 0.1) is 17.8 Å². The Morgan fingerprint density at radius 1 is 0.759 bits per heavy atom. The minimum Gasteiger partial charge on any atom is -0.260 e. The zero-order valence-electron chi connectivity index (χ0n) is 19.1. The van der Waals surface area contributed by atoms with Crippen LogP contribution in [0.15, 0.2) is 59.7 Å². The summed E-state index contributed by atoms with van der Waals surface area (Å²) >= 11 is 0. The molecule has 0 amide bonds. The summed E-state index contributed by atoms with van der Waals surface area (Å²) in [7, 11) is 0. The summed E-state index contributed by atoms with van der Waals surface area (Å²) in [6.45, 7) is 16.8. The molecule has 1 nitrogen and oxygen atoms in total. The highest BCUT2D eigenvalue weighted by molar-refractivity contribution is 6.03. The van der Waals surface area contributed by atoms with E-state index in [0.29, 0.717) is 17.8 Å². The Morgan fingerprint density at radius 3 is 2.00 bits per heavy atom. The van der Waals surface area contributed by atoms with E-state index < -0.39 is 0 Å². The first-order valence-corrected chi connectivity index (χ1v) is 11.1. The van der Waals surface area contributed by atoms with Gasteiger partial charge in [0, 0.05) is 11.9 Å². The third-order valence-electron chi connectivity index (χ3n) is 8.26. The molecule has 1 heterocycles. The average molecular weight is 386 g/mol. The van der Waals surface area contributed by atoms with Crippen LogP contribution in [0.25, 0.3) is 5.57 Å². The summed E-state index contributed by atoms with van der Waals surface area (Å²) in [6.07, 6.45) is 3.09. The van der Waals surface area contributed by atoms with Gasteiger partial charge in [-0.25, -0.2) is 0 Å². The van der Waals surface area contributed by atoms with Gasteiger partial charge in [0.2, 0.25) is 0 Å². The molecule has 4 rings (SSSR count). The standard InChI is InChI=1S/C28H35N/c1-18-15-26(29-17-23(18)21-11-9-8-10-12-21)22-13-14-24-25(16-22)28(6,7)20(3)19(2)27(24,4)5/h8-14,16-20H,15H2,1-7H3. The SMILES string of the molecule is CC1CC(c2ccc3c(c2)C(C)(C)C(C)C(C)C3(C)C)=NC=C1c1ccccc1. The summed E-state index contributed by atoms with van der Waals surface area (Å²) in [6, 6.07) is 17.8. The quantitative estimate of drug-likeness (QED) is 0.511. The van der Waals surface area contributed by atoms with Crippen molar-refractivity contribution in [2.24, 2.45) is 22.7 Å². The molecular weight excluding hydrogens is 350 g/mol. The molecule has 2 aromatic carbocycles. The van der Waals surface area contributed by atoms with E-state index in [1.165, 1.54) is 33.5 Å². The lowest BCUT2D eigenvalue weighted by molar-refractivity contribution is 0.145. The van der Waals surface area contributed by atoms with Crippen molar-refractivity contribution in [3.8, 4) is 0 Å². The minimum absolute atomic E-state index is 0.173. The van der Waals surface area contributed by atoms with Crippen LogP contribution in [0.2, 0.25) is 0 Å². The van der Waals surface area contributed by atoms with Crippen molar-refractivity contribution in [2.75, 3.05) is 0 Å². The monoisotopic (exact) mass is 385 g/mol. The maximum atomic E-state index is 4.93. The van der Waals surface area contributed by atoms with E-state index in [2.05, 4.69) is 103 Å². The maximum absolute atomic E-state index is 4.93. The Labute approximate surface area is 177 Å². The lowest BCUT2D eigenvalue weighted by Crippen LogP contribution is -2.46. The van der Waals surface area contributed by atoms with Gasteiger partial charge in [-0.05, 0) is 68.9 Å². The second-order valence-corrected chi connectivity index (χ2v) is 10.4. The van der Waals surface area contributed by atoms with E-state index in [4.69, 9.17) is 4.99 Å². The van der Waals surface area contributed by atoms with Crippen LogP contribution in [0.3, 0.4) is 0 Å². The van der Waals surface area contributed by atoms with Crippen LogP contribution in [0.1, 0.15) is 77.1 Å². The summed E-state index contributed by atoms with van der Waals surface area (Å²) in [5, 5.41) is 0. The van der Waals surface area contributed by atoms with Crippen molar-refractivity contribution in [3.05, 3.63) is 77.0 Å². The van der Waals surface area contributed by atoms with Gasteiger partial charge in [-0.3, -0.25) is 4.99 Å². The fourth-order valence-corrected chi connectivity index (χ4v) is 5.47. The van der Waals surface area contributed by atoms with Gasteiger partial charge in [-0.1, -0.05) is 90.9 Å². The van der Waals surface area contributed by atoms with Crippen LogP contribution in [0.4, 0.5) is 0 Å². The zero-order valence-corrected chi connectivity index (χ0v) is 19.1. The number of benzene rings is 2. The molecule has 29 heavy (non-hydrogen) atoms. The highest BCUT2D eigenvalue weighted by Gasteiger charge is 2.46. The van der Waals surface area contributed by atoms with Gasteiger partial charge < -0.3 is 0 Å². The first-order chi connectivity index (χ1) is 13.6. The Morgan fingerprint density at radius 2 is 1.38 bits per heavy atom. The van der Waals surface area contributed by atoms with Crippen molar-refractivity contribution in [3.63, 3.8) is 0 Å². The molecule has 0 bridgehead atoms. The third kappa shape index (κ3) is 3.19. The molecule has 0 N–H and O–H groups in total. The highest BCUT2D eigenvalue weighted by atomic mass is 14.7. The fraction of sp³-hybridized carbons (Fsp3) is 0.464. The fourth-order valence-electron chi connectivity index (χ4n) is 5.47. The summed E-state index contributed by atoms with van der Waals surface area (Å²) in [4.78, 5) is 4.93. The second kappa shape index (κ2) is 6.97. The molecule has 0 radical (unpaired) electrons. The van der Waals surface area contributed by atoms with Gasteiger partial charge in [0.15, 0.2) is 0 Å². The summed E-state index contributed by atoms with van der Waals surface area (Å²) in [5.74, 6) is 1.76. The normalized spacial score (nSPS) is 27.6. The third-order valence-corrected chi connectivity index (χ3v) is 8.26. The number of allylic oxidation sites excluding steroid dienone is 1. The summed E-state index contributed by atoms with van der Waals surface area (Å²) in [5.41, 5.74) is 8.55. The van der Waals surface area contributed by atoms with Crippen molar-refractivity contribution in [1.82, 2.24) is 0 Å². The van der Waals surface area contributed by atoms with E-state index in [-0.39, 0.29) is 10.8 Å². The van der Waals surface area contributed by atoms with E-state index in [0.717, 1.165) is 6.42 Å². The average Bonchev–Trinajstić information content (AvgIpc) is 2.71. The van der Waals surface area contributed by atoms with Crippen LogP contribution >= 0.6 is 0 Å². The number of aliphatic imine (C=N–C) groups is 1. The van der Waals surface area contributed by atoms with Crippen LogP contribution in [-0.2, 0) is 10.8 Å². The van der Waals surface area contributed by atoms with Crippen LogP contribution in [0.5, 0.6) is 0 Å². The van der Waals surface area contributed by atoms with Crippen LogP contribution in [-0.4, -0.2) is 5.71 Å². The smallest absolute Gasteiger partial charge is 0.0482 e. The second-order valence-electron chi connectivity index (χ2n) is 10.4. The van der Waals surface area contributed by atoms with Crippen molar-refractivity contribution >= 4 is 11.3 Å². The van der Waals surface area contributed by atoms with E-state index in [1.54, 1.807) is 0 Å². The number of hydrogen-bond acceptors (Lipinski definition) is 1. The van der Waals surface area contributed by atoms with Gasteiger partial charge in [0.1, 0.15) is 0 Å². The molecule has 0 fully saturated rings. The molecule has 0 aromatic heterocycles. The Hall–Kier alpha value is -2.15. The molecule has 0 saturated carbocycles. The Bertz CT molecular complexity index is 975. The highest BCUT2D eigenvalue weighted by Crippen LogP contribution is 2.52. The van der Waals surface area contributed by atoms with E-state index in [9.17, 15) is 0 Å². The van der Waals surface area contributed by atoms with E-state index >= 15 is 0 Å². The van der Waals surface area contributed by atoms with Crippen LogP contribution < -0.4 is 0 Å². The molecule has 0 saturated heterocycles. The lowest BCUT2D eigenvalue weighted by Gasteiger charge is -2.51. The van der Waals surface area contributed by atoms with Gasteiger partial charge in [0.05, 0.1) is 0 Å². The van der Waals surface area contributed by atoms with Crippen molar-refractivity contribution in [1.29, 1.82) is 0 Å². The largest absolute Gasteiger partial charge is 0.260 e. The first-order valence-electron chi connectivity index (χ1n) is 11.1. The molecule has 3 atom stereocenters. The molecule has 2 aliphatic rings. The molecule has 0 spiro atoms. The number of nitrogens with zero attached hydrogens (tertiary/aromatic N) is 1. The maximum Gasteiger partial charge on any atom is 0.0482 e. The summed E-state index contributed by atoms with van der Waals surface area (Å²) < 4.78 is 0. The predicted molar refractivity (Wildman–Crippen MR) is 126 cm³/mol. The van der Waals surface area contributed by atoms with Gasteiger partial charge in [-0.15, -0.1) is 0 Å². The molecule has 152 valence electrons. The van der Waals surface area contributed by atoms with Gasteiger partial charge in [-0.2, -0.15) is 0 Å². The molecule has 1 heteroatoms. The molecule has 1 aliphatic heterocycles. The number of rotatable bonds is 2. The van der Waals surface area contributed by atoms with Crippen molar-refractivity contribution in [2.45, 2.75) is 65.7 Å². The molecule has 1 aliphatic carbocycles. The van der Waals surface area contributed by atoms with Gasteiger partial charge in [0.25, 0.3) is 0 Å².